The van der Waals surface area contributed by atoms with Gasteiger partial charge in [0.2, 0.25) is 0 Å². The molecule has 2 N–H and O–H groups in total. The van der Waals surface area contributed by atoms with Gasteiger partial charge in [-0.2, -0.15) is 13.2 Å². The number of halogens is 3. The first-order valence-electron chi connectivity index (χ1n) is 6.96. The molecule has 0 aromatic heterocycles. The van der Waals surface area contributed by atoms with E-state index in [1.54, 1.807) is 0 Å². The zero-order valence-corrected chi connectivity index (χ0v) is 11.3. The molecule has 1 aromatic rings. The van der Waals surface area contributed by atoms with Gasteiger partial charge in [-0.25, -0.2) is 0 Å². The molecule has 0 radical (unpaired) electrons. The molecule has 0 heterocycles. The summed E-state index contributed by atoms with van der Waals surface area (Å²) in [6, 6.07) is 7.70. The molecule has 112 valence electrons. The minimum absolute atomic E-state index is 0.0275. The van der Waals surface area contributed by atoms with Crippen LogP contribution in [0, 0.1) is 0 Å². The molecule has 0 spiro atoms. The Hall–Kier alpha value is -1.07. The third-order valence-electron chi connectivity index (χ3n) is 3.78. The van der Waals surface area contributed by atoms with Crippen LogP contribution in [0.3, 0.4) is 0 Å². The van der Waals surface area contributed by atoms with Crippen LogP contribution in [0.5, 0.6) is 0 Å². The molecule has 1 aliphatic rings. The van der Waals surface area contributed by atoms with Crippen molar-refractivity contribution in [3.8, 4) is 0 Å². The van der Waals surface area contributed by atoms with E-state index in [9.17, 15) is 13.2 Å². The lowest BCUT2D eigenvalue weighted by molar-refractivity contribution is -0.174. The standard InChI is InChI=1S/C15H20F3NO/c16-15(17,18)10-20-9-8-14(19)13-7-2-1-6-12(13)11-4-3-5-11/h1-2,6-7,11,14H,3-5,8-10,19H2. The van der Waals surface area contributed by atoms with Crippen molar-refractivity contribution in [1.29, 1.82) is 0 Å². The molecular formula is C15H20F3NO. The largest absolute Gasteiger partial charge is 0.411 e. The highest BCUT2D eigenvalue weighted by atomic mass is 19.4. The molecular weight excluding hydrogens is 267 g/mol. The average Bonchev–Trinajstić information content (AvgIpc) is 2.32. The summed E-state index contributed by atoms with van der Waals surface area (Å²) in [7, 11) is 0. The van der Waals surface area contributed by atoms with Crippen LogP contribution in [0.15, 0.2) is 24.3 Å². The zero-order chi connectivity index (χ0) is 14.6. The number of benzene rings is 1. The molecule has 5 heteroatoms. The Morgan fingerprint density at radius 2 is 1.95 bits per heavy atom. The van der Waals surface area contributed by atoms with E-state index in [1.807, 2.05) is 18.2 Å². The van der Waals surface area contributed by atoms with Crippen molar-refractivity contribution < 1.29 is 17.9 Å². The molecule has 1 saturated carbocycles. The number of rotatable bonds is 6. The van der Waals surface area contributed by atoms with E-state index in [2.05, 4.69) is 10.8 Å². The number of nitrogens with two attached hydrogens (primary N) is 1. The first kappa shape index (κ1) is 15.3. The number of ether oxygens (including phenoxy) is 1. The predicted molar refractivity (Wildman–Crippen MR) is 71.5 cm³/mol. The number of hydrogen-bond acceptors (Lipinski definition) is 2. The monoisotopic (exact) mass is 287 g/mol. The summed E-state index contributed by atoms with van der Waals surface area (Å²) in [5.74, 6) is 0.563. The van der Waals surface area contributed by atoms with Gasteiger partial charge in [-0.05, 0) is 36.3 Å². The zero-order valence-electron chi connectivity index (χ0n) is 11.3. The number of alkyl halides is 3. The minimum Gasteiger partial charge on any atom is -0.372 e. The first-order chi connectivity index (χ1) is 9.47. The molecule has 2 rings (SSSR count). The maximum absolute atomic E-state index is 12.0. The Morgan fingerprint density at radius 1 is 1.25 bits per heavy atom. The van der Waals surface area contributed by atoms with Gasteiger partial charge >= 0.3 is 6.18 Å². The first-order valence-corrected chi connectivity index (χ1v) is 6.96. The fourth-order valence-electron chi connectivity index (χ4n) is 2.49. The SMILES string of the molecule is NC(CCOCC(F)(F)F)c1ccccc1C1CCC1. The van der Waals surface area contributed by atoms with Gasteiger partial charge < -0.3 is 10.5 Å². The maximum atomic E-state index is 12.0. The second kappa shape index (κ2) is 6.59. The van der Waals surface area contributed by atoms with Crippen LogP contribution in [0.4, 0.5) is 13.2 Å². The van der Waals surface area contributed by atoms with Crippen LogP contribution in [0.1, 0.15) is 48.8 Å². The molecule has 2 nitrogen and oxygen atoms in total. The summed E-state index contributed by atoms with van der Waals surface area (Å²) in [4.78, 5) is 0. The van der Waals surface area contributed by atoms with Gasteiger partial charge in [0.1, 0.15) is 6.61 Å². The lowest BCUT2D eigenvalue weighted by atomic mass is 9.77. The quantitative estimate of drug-likeness (QED) is 0.805. The third-order valence-corrected chi connectivity index (χ3v) is 3.78. The van der Waals surface area contributed by atoms with Crippen LogP contribution >= 0.6 is 0 Å². The van der Waals surface area contributed by atoms with Gasteiger partial charge in [-0.1, -0.05) is 30.7 Å². The summed E-state index contributed by atoms with van der Waals surface area (Å²) in [5, 5.41) is 0. The third kappa shape index (κ3) is 4.21. The van der Waals surface area contributed by atoms with Crippen molar-refractivity contribution in [2.24, 2.45) is 5.73 Å². The highest BCUT2D eigenvalue weighted by Crippen LogP contribution is 2.39. The van der Waals surface area contributed by atoms with Crippen molar-refractivity contribution in [2.45, 2.75) is 43.8 Å². The molecule has 0 bridgehead atoms. The van der Waals surface area contributed by atoms with E-state index < -0.39 is 12.8 Å². The lowest BCUT2D eigenvalue weighted by Gasteiger charge is -2.29. The Balaban J connectivity index is 1.87. The average molecular weight is 287 g/mol. The highest BCUT2D eigenvalue weighted by Gasteiger charge is 2.27. The Kier molecular flexibility index (Phi) is 5.05. The molecule has 0 amide bonds. The summed E-state index contributed by atoms with van der Waals surface area (Å²) in [6.45, 7) is -1.18. The summed E-state index contributed by atoms with van der Waals surface area (Å²) in [5.41, 5.74) is 8.40. The second-order valence-corrected chi connectivity index (χ2v) is 5.32. The molecule has 1 fully saturated rings. The van der Waals surface area contributed by atoms with Crippen molar-refractivity contribution in [2.75, 3.05) is 13.2 Å². The summed E-state index contributed by atoms with van der Waals surface area (Å²) >= 11 is 0. The maximum Gasteiger partial charge on any atom is 0.411 e. The van der Waals surface area contributed by atoms with Gasteiger partial charge in [0.25, 0.3) is 0 Å². The van der Waals surface area contributed by atoms with Crippen LogP contribution < -0.4 is 5.73 Å². The van der Waals surface area contributed by atoms with Crippen LogP contribution in [0.2, 0.25) is 0 Å². The molecule has 0 saturated heterocycles. The summed E-state index contributed by atoms with van der Waals surface area (Å²) in [6.07, 6.45) is -0.278. The van der Waals surface area contributed by atoms with E-state index >= 15 is 0 Å². The minimum atomic E-state index is -4.27. The topological polar surface area (TPSA) is 35.2 Å². The van der Waals surface area contributed by atoms with Crippen molar-refractivity contribution >= 4 is 0 Å². The van der Waals surface area contributed by atoms with Gasteiger partial charge in [-0.15, -0.1) is 0 Å². The predicted octanol–water partition coefficient (Wildman–Crippen LogP) is 3.92. The highest BCUT2D eigenvalue weighted by molar-refractivity contribution is 5.34. The van der Waals surface area contributed by atoms with E-state index in [4.69, 9.17) is 5.73 Å². The van der Waals surface area contributed by atoms with E-state index in [1.165, 1.54) is 24.8 Å². The van der Waals surface area contributed by atoms with Crippen LogP contribution in [-0.2, 0) is 4.74 Å². The molecule has 20 heavy (non-hydrogen) atoms. The normalized spacial score (nSPS) is 17.8. The molecule has 1 aromatic carbocycles. The van der Waals surface area contributed by atoms with Crippen molar-refractivity contribution in [1.82, 2.24) is 0 Å². The Morgan fingerprint density at radius 3 is 2.55 bits per heavy atom. The molecule has 1 unspecified atom stereocenters. The lowest BCUT2D eigenvalue weighted by Crippen LogP contribution is -2.21. The van der Waals surface area contributed by atoms with E-state index in [-0.39, 0.29) is 12.6 Å². The smallest absolute Gasteiger partial charge is 0.372 e. The van der Waals surface area contributed by atoms with Crippen molar-refractivity contribution in [3.63, 3.8) is 0 Å². The van der Waals surface area contributed by atoms with Gasteiger partial charge in [0.05, 0.1) is 0 Å². The molecule has 0 aliphatic heterocycles. The fourth-order valence-corrected chi connectivity index (χ4v) is 2.49. The second-order valence-electron chi connectivity index (χ2n) is 5.32. The van der Waals surface area contributed by atoms with Crippen molar-refractivity contribution in [3.05, 3.63) is 35.4 Å². The molecule has 1 aliphatic carbocycles. The fraction of sp³-hybridized carbons (Fsp3) is 0.600. The van der Waals surface area contributed by atoms with Gasteiger partial charge in [-0.3, -0.25) is 0 Å². The Labute approximate surface area is 117 Å². The van der Waals surface area contributed by atoms with Gasteiger partial charge in [0, 0.05) is 12.6 Å². The van der Waals surface area contributed by atoms with Crippen LogP contribution in [-0.4, -0.2) is 19.4 Å². The van der Waals surface area contributed by atoms with Crippen LogP contribution in [0.25, 0.3) is 0 Å². The Bertz CT molecular complexity index is 429. The number of hydrogen-bond donors (Lipinski definition) is 1. The van der Waals surface area contributed by atoms with E-state index in [0.717, 1.165) is 5.56 Å². The van der Waals surface area contributed by atoms with E-state index in [0.29, 0.717) is 12.3 Å². The van der Waals surface area contributed by atoms with Gasteiger partial charge in [0.15, 0.2) is 0 Å². The molecule has 1 atom stereocenters. The summed E-state index contributed by atoms with van der Waals surface area (Å²) < 4.78 is 40.5.